The maximum Gasteiger partial charge on any atom is 0.238 e. The molecule has 4 nitrogen and oxygen atoms in total. The minimum absolute atomic E-state index is 0.00104. The van der Waals surface area contributed by atoms with Gasteiger partial charge in [-0.3, -0.25) is 0 Å². The van der Waals surface area contributed by atoms with Crippen LogP contribution in [-0.4, -0.2) is 14.9 Å². The van der Waals surface area contributed by atoms with Gasteiger partial charge in [0.05, 0.1) is 11.4 Å². The third kappa shape index (κ3) is 2.52. The highest BCUT2D eigenvalue weighted by Crippen LogP contribution is 2.34. The van der Waals surface area contributed by atoms with Crippen LogP contribution in [-0.2, 0) is 5.41 Å². The van der Waals surface area contributed by atoms with Crippen molar-refractivity contribution in [2.24, 2.45) is 0 Å². The van der Waals surface area contributed by atoms with Crippen LogP contribution in [0.3, 0.4) is 0 Å². The fraction of sp³-hybridized carbons (Fsp3) is 0.462. The number of anilines is 1. The molecule has 0 aliphatic rings. The van der Waals surface area contributed by atoms with E-state index in [1.165, 1.54) is 4.68 Å². The minimum Gasteiger partial charge on any atom is -0.492 e. The summed E-state index contributed by atoms with van der Waals surface area (Å²) in [6.07, 6.45) is 5.64. The average molecular weight is 235 g/mol. The van der Waals surface area contributed by atoms with E-state index in [0.29, 0.717) is 11.4 Å². The van der Waals surface area contributed by atoms with Crippen molar-refractivity contribution in [1.82, 2.24) is 9.78 Å². The van der Waals surface area contributed by atoms with Crippen molar-refractivity contribution in [2.75, 3.05) is 5.73 Å². The Morgan fingerprint density at radius 1 is 1.35 bits per heavy atom. The number of nitrogen functional groups attached to an aromatic ring is 1. The van der Waals surface area contributed by atoms with Crippen LogP contribution in [0.4, 0.5) is 5.69 Å². The van der Waals surface area contributed by atoms with Gasteiger partial charge < -0.3 is 10.8 Å². The predicted molar refractivity (Wildman–Crippen MR) is 71.8 cm³/mol. The average Bonchev–Trinajstić information content (AvgIpc) is 2.53. The van der Waals surface area contributed by atoms with E-state index in [1.54, 1.807) is 0 Å². The zero-order valence-electron chi connectivity index (χ0n) is 11.2. The van der Waals surface area contributed by atoms with Crippen LogP contribution < -0.4 is 5.73 Å². The number of aromatic hydroxyl groups is 1. The fourth-order valence-electron chi connectivity index (χ4n) is 1.62. The molecule has 0 saturated carbocycles. The molecule has 0 atom stereocenters. The lowest BCUT2D eigenvalue weighted by Crippen LogP contribution is -2.14. The second kappa shape index (κ2) is 4.65. The van der Waals surface area contributed by atoms with Crippen LogP contribution in [0.5, 0.6) is 5.88 Å². The Morgan fingerprint density at radius 3 is 2.29 bits per heavy atom. The highest BCUT2D eigenvalue weighted by atomic mass is 16.3. The van der Waals surface area contributed by atoms with Gasteiger partial charge in [0.2, 0.25) is 5.88 Å². The first-order chi connectivity index (χ1) is 7.82. The summed E-state index contributed by atoms with van der Waals surface area (Å²) in [5.41, 5.74) is 7.55. The van der Waals surface area contributed by atoms with Gasteiger partial charge in [0.1, 0.15) is 5.69 Å². The topological polar surface area (TPSA) is 64.1 Å². The fourth-order valence-corrected chi connectivity index (χ4v) is 1.62. The van der Waals surface area contributed by atoms with Crippen LogP contribution in [0.2, 0.25) is 0 Å². The number of nitrogens with two attached hydrogens (primary N) is 1. The van der Waals surface area contributed by atoms with Gasteiger partial charge >= 0.3 is 0 Å². The molecule has 17 heavy (non-hydrogen) atoms. The summed E-state index contributed by atoms with van der Waals surface area (Å²) in [7, 11) is 0. The first-order valence-corrected chi connectivity index (χ1v) is 5.70. The molecule has 0 aliphatic heterocycles. The third-order valence-corrected chi connectivity index (χ3v) is 2.48. The molecule has 0 spiro atoms. The molecular formula is C13H21N3O. The second-order valence-electron chi connectivity index (χ2n) is 4.96. The standard InChI is InChI=1S/C13H21N3O/c1-6-8-9(7-2)16-12(17)10(14)11(15-16)13(3,4)5/h6-8,17H,14H2,1-5H3/b8-6-,9-7+. The quantitative estimate of drug-likeness (QED) is 0.775. The van der Waals surface area contributed by atoms with Crippen molar-refractivity contribution >= 4 is 11.4 Å². The van der Waals surface area contributed by atoms with Gasteiger partial charge in [-0.2, -0.15) is 9.78 Å². The molecule has 1 heterocycles. The largest absolute Gasteiger partial charge is 0.492 e. The zero-order valence-corrected chi connectivity index (χ0v) is 11.2. The molecule has 0 amide bonds. The Hall–Kier alpha value is -1.71. The molecule has 0 radical (unpaired) electrons. The van der Waals surface area contributed by atoms with E-state index in [0.717, 1.165) is 5.70 Å². The van der Waals surface area contributed by atoms with Gasteiger partial charge in [0, 0.05) is 5.41 Å². The van der Waals surface area contributed by atoms with Crippen molar-refractivity contribution in [3.63, 3.8) is 0 Å². The summed E-state index contributed by atoms with van der Waals surface area (Å²) < 4.78 is 1.47. The van der Waals surface area contributed by atoms with Gasteiger partial charge in [-0.1, -0.05) is 32.9 Å². The van der Waals surface area contributed by atoms with E-state index in [4.69, 9.17) is 5.73 Å². The molecule has 0 saturated heterocycles. The predicted octanol–water partition coefficient (Wildman–Crippen LogP) is 2.91. The Morgan fingerprint density at radius 2 is 1.94 bits per heavy atom. The molecular weight excluding hydrogens is 214 g/mol. The van der Waals surface area contributed by atoms with E-state index >= 15 is 0 Å². The van der Waals surface area contributed by atoms with Crippen LogP contribution in [0, 0.1) is 0 Å². The number of allylic oxidation sites excluding steroid dienone is 4. The lowest BCUT2D eigenvalue weighted by atomic mass is 9.91. The molecule has 0 fully saturated rings. The number of rotatable bonds is 2. The SMILES string of the molecule is C/C=C\C(=C/C)n1nc(C(C)(C)C)c(N)c1O. The molecule has 1 aromatic rings. The van der Waals surface area contributed by atoms with Crippen molar-refractivity contribution < 1.29 is 5.11 Å². The number of hydrogen-bond acceptors (Lipinski definition) is 3. The maximum absolute atomic E-state index is 10.0. The lowest BCUT2D eigenvalue weighted by Gasteiger charge is -2.15. The van der Waals surface area contributed by atoms with Crippen LogP contribution in [0.25, 0.3) is 5.70 Å². The Bertz CT molecular complexity index is 462. The van der Waals surface area contributed by atoms with Crippen molar-refractivity contribution in [1.29, 1.82) is 0 Å². The maximum atomic E-state index is 10.0. The summed E-state index contributed by atoms with van der Waals surface area (Å²) >= 11 is 0. The molecule has 0 aliphatic carbocycles. The summed E-state index contributed by atoms with van der Waals surface area (Å²) in [5.74, 6) is 0.00104. The van der Waals surface area contributed by atoms with Gasteiger partial charge in [0.15, 0.2) is 0 Å². The minimum atomic E-state index is -0.193. The molecule has 0 bridgehead atoms. The normalized spacial score (nSPS) is 13.6. The molecule has 0 unspecified atom stereocenters. The molecule has 4 heteroatoms. The summed E-state index contributed by atoms with van der Waals surface area (Å²) in [5, 5.41) is 14.4. The lowest BCUT2D eigenvalue weighted by molar-refractivity contribution is 0.438. The van der Waals surface area contributed by atoms with Crippen LogP contribution in [0.15, 0.2) is 18.2 Å². The van der Waals surface area contributed by atoms with E-state index in [2.05, 4.69) is 5.10 Å². The Labute approximate surface area is 102 Å². The van der Waals surface area contributed by atoms with Crippen molar-refractivity contribution in [2.45, 2.75) is 40.0 Å². The van der Waals surface area contributed by atoms with Crippen molar-refractivity contribution in [3.05, 3.63) is 23.9 Å². The molecule has 3 N–H and O–H groups in total. The van der Waals surface area contributed by atoms with Crippen LogP contribution in [0.1, 0.15) is 40.3 Å². The third-order valence-electron chi connectivity index (χ3n) is 2.48. The first kappa shape index (κ1) is 13.4. The second-order valence-corrected chi connectivity index (χ2v) is 4.96. The van der Waals surface area contributed by atoms with Crippen LogP contribution >= 0.6 is 0 Å². The molecule has 1 aromatic heterocycles. The van der Waals surface area contributed by atoms with Gasteiger partial charge in [-0.15, -0.1) is 0 Å². The smallest absolute Gasteiger partial charge is 0.238 e. The monoisotopic (exact) mass is 235 g/mol. The first-order valence-electron chi connectivity index (χ1n) is 5.70. The molecule has 94 valence electrons. The Kier molecular flexibility index (Phi) is 3.66. The Balaban J connectivity index is 3.39. The van der Waals surface area contributed by atoms with E-state index < -0.39 is 0 Å². The van der Waals surface area contributed by atoms with Gasteiger partial charge in [0.25, 0.3) is 0 Å². The molecule has 0 aromatic carbocycles. The number of nitrogens with zero attached hydrogens (tertiary/aromatic N) is 2. The van der Waals surface area contributed by atoms with Crippen molar-refractivity contribution in [3.8, 4) is 5.88 Å². The highest BCUT2D eigenvalue weighted by molar-refractivity contribution is 5.64. The van der Waals surface area contributed by atoms with Gasteiger partial charge in [-0.25, -0.2) is 0 Å². The van der Waals surface area contributed by atoms with E-state index in [-0.39, 0.29) is 11.3 Å². The van der Waals surface area contributed by atoms with E-state index in [1.807, 2.05) is 52.8 Å². The summed E-state index contributed by atoms with van der Waals surface area (Å²) in [4.78, 5) is 0. The number of aromatic nitrogens is 2. The summed E-state index contributed by atoms with van der Waals surface area (Å²) in [6, 6.07) is 0. The summed E-state index contributed by atoms with van der Waals surface area (Å²) in [6.45, 7) is 9.85. The molecule has 1 rings (SSSR count). The number of hydrogen-bond donors (Lipinski definition) is 2. The highest BCUT2D eigenvalue weighted by Gasteiger charge is 2.25. The van der Waals surface area contributed by atoms with Gasteiger partial charge in [-0.05, 0) is 19.9 Å². The zero-order chi connectivity index (χ0) is 13.2. The van der Waals surface area contributed by atoms with E-state index in [9.17, 15) is 5.11 Å².